The van der Waals surface area contributed by atoms with Crippen LogP contribution in [0, 0.1) is 27.7 Å². The van der Waals surface area contributed by atoms with Crippen molar-refractivity contribution in [2.24, 2.45) is 0 Å². The maximum Gasteiger partial charge on any atom is 0.260 e. The summed E-state index contributed by atoms with van der Waals surface area (Å²) in [5.74, 6) is 7.95. The lowest BCUT2D eigenvalue weighted by atomic mass is 9.34. The molecule has 10 nitrogen and oxygen atoms in total. The van der Waals surface area contributed by atoms with E-state index in [0.717, 1.165) is 96.6 Å². The van der Waals surface area contributed by atoms with E-state index in [1.165, 1.54) is 197 Å². The van der Waals surface area contributed by atoms with Crippen LogP contribution in [-0.4, -0.2) is 47.5 Å². The topological polar surface area (TPSA) is 66.5 Å². The summed E-state index contributed by atoms with van der Waals surface area (Å²) in [5, 5.41) is 14.8. The fraction of sp³-hybridized carbons (Fsp3) is 0.0735. The molecule has 4 aliphatic rings. The lowest BCUT2D eigenvalue weighted by molar-refractivity contribution is 0.464. The Balaban J connectivity index is 0.000000105. The molecule has 0 spiro atoms. The molecule has 13 heteroatoms. The Labute approximate surface area is 863 Å². The van der Waals surface area contributed by atoms with Crippen LogP contribution in [0.3, 0.4) is 0 Å². The number of hydrogen-bond acceptors (Lipinski definition) is 4. The minimum absolute atomic E-state index is 0.0344. The average Bonchev–Trinajstić information content (AvgIpc) is 1.65. The van der Waals surface area contributed by atoms with Crippen LogP contribution in [0.2, 0.25) is 0 Å². The van der Waals surface area contributed by atoms with Gasteiger partial charge >= 0.3 is 0 Å². The van der Waals surface area contributed by atoms with Crippen molar-refractivity contribution >= 4 is 200 Å². The van der Waals surface area contributed by atoms with Gasteiger partial charge < -0.3 is 46.4 Å². The maximum atomic E-state index is 6.89. The molecule has 0 bridgehead atoms. The molecule has 27 aromatic rings. The van der Waals surface area contributed by atoms with E-state index < -0.39 is 0 Å². The molecule has 0 N–H and O–H groups in total. The molecule has 31 rings (SSSR count). The summed E-state index contributed by atoms with van der Waals surface area (Å²) in [5.41, 5.74) is 39.6. The first-order chi connectivity index (χ1) is 73.3. The van der Waals surface area contributed by atoms with Gasteiger partial charge in [0.2, 0.25) is 0 Å². The minimum Gasteiger partial charge on any atom is -0.458 e. The highest BCUT2D eigenvalue weighted by Crippen LogP contribution is 2.49. The molecule has 0 radical (unpaired) electrons. The molecule has 0 unspecified atom stereocenters. The van der Waals surface area contributed by atoms with Crippen molar-refractivity contribution in [2.45, 2.75) is 67.2 Å². The number of benzene rings is 21. The standard InChI is InChI=1S/C48H39BN2O.C44H29BN2O2.C44H31BN2O/c1-30(2)34-19-14-20-35(31(3)4)47(34)49-39-21-10-13-24-44(39)52-45-29-33(25-27-40(45)49)51-41-22-11-8-17-36(41)37-26-28-43-46(48(37)51)38-18-9-12-23-42(38)50(43)32-15-6-5-7-16-32;1-26-16-18-34-40(20-26)48-42-22-29(23-43-44(42)45(34)35-19-17-27(2)21-41(35)49-43)47-37-15-9-7-13-31(37)33-24-32-30-12-6-8-14-36(30)46(38(32)25-39(33)47)28-10-4-3-5-11-28;1-28-13-12-14-29(2)42(28)45-36-19-8-11-22-40(36)48-41-27-31(23-26-37(41)45)47-39-21-10-7-18-33(39)35-25-24-34-32-17-6-9-20-38(32)46(43(34)44(35)47)30-15-4-3-5-16-30/h5-31H,1-4H3;3-25H,1-2H3;3-27H,1-2H3. The molecule has 10 heterocycles. The normalized spacial score (nSPS) is 12.7. The Morgan fingerprint density at radius 2 is 0.497 bits per heavy atom. The van der Waals surface area contributed by atoms with Crippen LogP contribution in [0.15, 0.2) is 443 Å². The summed E-state index contributed by atoms with van der Waals surface area (Å²) in [7, 11) is 0. The lowest BCUT2D eigenvalue weighted by Gasteiger charge is -2.33. The first kappa shape index (κ1) is 87.4. The molecule has 706 valence electrons. The summed E-state index contributed by atoms with van der Waals surface area (Å²) in [6.45, 7) is 18.1. The number of hydrogen-bond donors (Lipinski definition) is 0. The van der Waals surface area contributed by atoms with Crippen molar-refractivity contribution in [1.82, 2.24) is 27.4 Å². The third-order valence-corrected chi connectivity index (χ3v) is 32.1. The van der Waals surface area contributed by atoms with Crippen molar-refractivity contribution < 1.29 is 18.9 Å². The molecule has 0 saturated carbocycles. The second-order valence-corrected chi connectivity index (χ2v) is 41.4. The zero-order valence-electron chi connectivity index (χ0n) is 83.8. The van der Waals surface area contributed by atoms with Crippen molar-refractivity contribution in [3.63, 3.8) is 0 Å². The molecule has 0 aliphatic carbocycles. The Hall–Kier alpha value is -18.2. The van der Waals surface area contributed by atoms with E-state index in [0.29, 0.717) is 11.8 Å². The molecule has 0 fully saturated rings. The summed E-state index contributed by atoms with van der Waals surface area (Å²) in [6.07, 6.45) is 0. The molecule has 21 aromatic carbocycles. The molecule has 149 heavy (non-hydrogen) atoms. The summed E-state index contributed by atoms with van der Waals surface area (Å²) in [4.78, 5) is 0. The van der Waals surface area contributed by atoms with E-state index >= 15 is 0 Å². The highest BCUT2D eigenvalue weighted by molar-refractivity contribution is 6.99. The minimum atomic E-state index is 0.0344. The quantitative estimate of drug-likeness (QED) is 0.128. The van der Waals surface area contributed by atoms with Crippen molar-refractivity contribution in [3.05, 3.63) is 476 Å². The SMILES string of the molecule is CC(C)c1cccc(C(C)C)c1B1c2ccccc2Oc2cc(-n3c4ccccc4c4ccc5c(c6ccccc6n5-c5ccccc5)c43)ccc21.Cc1ccc2c(c1)Oc1cc(-n3c4ccccc4c4cc5c6ccccc6n(-c6ccccc6)c5cc43)cc3c1B2c1ccc(C)cc1O3.Cc1cccc(C)c1B1c2ccccc2Oc2cc(-n3c4ccccc4c4ccc5c6ccccc6n(-c6ccccc6)c5c43)ccc21. The van der Waals surface area contributed by atoms with Crippen LogP contribution >= 0.6 is 0 Å². The van der Waals surface area contributed by atoms with Gasteiger partial charge in [0.05, 0.1) is 71.9 Å². The second-order valence-electron chi connectivity index (χ2n) is 41.4. The van der Waals surface area contributed by atoms with Crippen LogP contribution < -0.4 is 68.1 Å². The monoisotopic (exact) mass is 1910 g/mol. The van der Waals surface area contributed by atoms with E-state index in [2.05, 4.69) is 526 Å². The van der Waals surface area contributed by atoms with Crippen LogP contribution in [0.25, 0.3) is 165 Å². The summed E-state index contributed by atoms with van der Waals surface area (Å²) in [6, 6.07) is 161. The van der Waals surface area contributed by atoms with Gasteiger partial charge in [-0.15, -0.1) is 0 Å². The Morgan fingerprint density at radius 1 is 0.181 bits per heavy atom. The van der Waals surface area contributed by atoms with Gasteiger partial charge in [-0.25, -0.2) is 0 Å². The number of nitrogens with zero attached hydrogens (tertiary/aromatic N) is 6. The van der Waals surface area contributed by atoms with Gasteiger partial charge in [-0.05, 0) is 222 Å². The predicted molar refractivity (Wildman–Crippen MR) is 625 cm³/mol. The molecule has 4 aliphatic heterocycles. The van der Waals surface area contributed by atoms with E-state index in [1.54, 1.807) is 0 Å². The van der Waals surface area contributed by atoms with E-state index in [-0.39, 0.29) is 20.1 Å². The first-order valence-corrected chi connectivity index (χ1v) is 52.1. The summed E-state index contributed by atoms with van der Waals surface area (Å²) < 4.78 is 41.8. The molecule has 6 aromatic heterocycles. The highest BCUT2D eigenvalue weighted by atomic mass is 16.5. The van der Waals surface area contributed by atoms with E-state index in [1.807, 2.05) is 0 Å². The Morgan fingerprint density at radius 3 is 0.960 bits per heavy atom. The lowest BCUT2D eigenvalue weighted by Crippen LogP contribution is -2.57. The van der Waals surface area contributed by atoms with Gasteiger partial charge in [-0.3, -0.25) is 0 Å². The Bertz CT molecular complexity index is 10200. The average molecular weight is 1910 g/mol. The Kier molecular flexibility index (Phi) is 20.1. The maximum absolute atomic E-state index is 6.89. The van der Waals surface area contributed by atoms with Crippen LogP contribution in [0.4, 0.5) is 0 Å². The van der Waals surface area contributed by atoms with Crippen molar-refractivity contribution in [1.29, 1.82) is 0 Å². The largest absolute Gasteiger partial charge is 0.458 e. The van der Waals surface area contributed by atoms with Gasteiger partial charge in [0.15, 0.2) is 0 Å². The number of aryl methyl sites for hydroxylation is 4. The number of aromatic nitrogens is 6. The highest BCUT2D eigenvalue weighted by Gasteiger charge is 2.43. The third kappa shape index (κ3) is 13.5. The number of rotatable bonds is 10. The second kappa shape index (κ2) is 34.2. The van der Waals surface area contributed by atoms with Crippen molar-refractivity contribution in [2.75, 3.05) is 0 Å². The number of ether oxygens (including phenoxy) is 4. The van der Waals surface area contributed by atoms with Crippen LogP contribution in [0.5, 0.6) is 46.0 Å². The number of para-hydroxylation sites is 11. The zero-order chi connectivity index (χ0) is 99.4. The number of fused-ring (bicyclic) bond motifs is 28. The van der Waals surface area contributed by atoms with E-state index in [4.69, 9.17) is 18.9 Å². The van der Waals surface area contributed by atoms with Gasteiger partial charge in [-0.2, -0.15) is 0 Å². The van der Waals surface area contributed by atoms with Gasteiger partial charge in [0, 0.05) is 123 Å². The first-order valence-electron chi connectivity index (χ1n) is 52.1. The fourth-order valence-electron chi connectivity index (χ4n) is 25.7. The molecule has 0 amide bonds. The van der Waals surface area contributed by atoms with Gasteiger partial charge in [-0.1, -0.05) is 341 Å². The van der Waals surface area contributed by atoms with Crippen molar-refractivity contribution in [3.8, 4) is 80.1 Å². The molecule has 0 saturated heterocycles. The van der Waals surface area contributed by atoms with Crippen LogP contribution in [0.1, 0.15) is 72.9 Å². The molecular weight excluding hydrogens is 1810 g/mol. The van der Waals surface area contributed by atoms with Gasteiger partial charge in [0.25, 0.3) is 20.1 Å². The predicted octanol–water partition coefficient (Wildman–Crippen LogP) is 29.1. The van der Waals surface area contributed by atoms with E-state index in [9.17, 15) is 0 Å². The molecule has 0 atom stereocenters. The summed E-state index contributed by atoms with van der Waals surface area (Å²) >= 11 is 0. The molecular formula is C136H99B3N6O4. The fourth-order valence-corrected chi connectivity index (χ4v) is 25.7. The van der Waals surface area contributed by atoms with Gasteiger partial charge in [0.1, 0.15) is 46.0 Å². The smallest absolute Gasteiger partial charge is 0.260 e. The van der Waals surface area contributed by atoms with Crippen LogP contribution in [-0.2, 0) is 0 Å². The third-order valence-electron chi connectivity index (χ3n) is 32.1. The zero-order valence-corrected chi connectivity index (χ0v) is 83.8.